The second-order valence-corrected chi connectivity index (χ2v) is 7.12. The first-order valence-corrected chi connectivity index (χ1v) is 6.51. The van der Waals surface area contributed by atoms with Crippen LogP contribution < -0.4 is 0 Å². The van der Waals surface area contributed by atoms with Gasteiger partial charge in [0.15, 0.2) is 0 Å². The predicted octanol–water partition coefficient (Wildman–Crippen LogP) is 2.86. The van der Waals surface area contributed by atoms with E-state index in [-0.39, 0.29) is 11.0 Å². The zero-order valence-corrected chi connectivity index (χ0v) is 12.0. The maximum Gasteiger partial charge on any atom is 0.0711 e. The lowest BCUT2D eigenvalue weighted by atomic mass is 9.86. The summed E-state index contributed by atoms with van der Waals surface area (Å²) in [6.45, 7) is 15.7. The molecule has 1 aromatic rings. The van der Waals surface area contributed by atoms with Crippen LogP contribution in [0.5, 0.6) is 0 Å². The van der Waals surface area contributed by atoms with Crippen LogP contribution in [-0.2, 0) is 18.4 Å². The number of rotatable bonds is 0. The molecular formula is C14H25N3. The van der Waals surface area contributed by atoms with Crippen LogP contribution in [0, 0.1) is 0 Å². The molecule has 0 bridgehead atoms. The fourth-order valence-electron chi connectivity index (χ4n) is 2.51. The van der Waals surface area contributed by atoms with Gasteiger partial charge < -0.3 is 0 Å². The van der Waals surface area contributed by atoms with E-state index in [0.717, 1.165) is 19.5 Å². The maximum absolute atomic E-state index is 4.53. The van der Waals surface area contributed by atoms with Crippen LogP contribution in [0.1, 0.15) is 58.5 Å². The van der Waals surface area contributed by atoms with E-state index in [1.54, 1.807) is 0 Å². The first-order chi connectivity index (χ1) is 7.69. The number of nitrogens with zero attached hydrogens (tertiary/aromatic N) is 2. The molecule has 1 aromatic heterocycles. The summed E-state index contributed by atoms with van der Waals surface area (Å²) in [7, 11) is 0. The summed E-state index contributed by atoms with van der Waals surface area (Å²) >= 11 is 0. The van der Waals surface area contributed by atoms with Crippen molar-refractivity contribution in [1.29, 1.82) is 0 Å². The van der Waals surface area contributed by atoms with Crippen LogP contribution >= 0.6 is 0 Å². The van der Waals surface area contributed by atoms with Crippen molar-refractivity contribution in [1.82, 2.24) is 15.1 Å². The summed E-state index contributed by atoms with van der Waals surface area (Å²) in [6, 6.07) is 0. The van der Waals surface area contributed by atoms with Crippen LogP contribution in [0.2, 0.25) is 0 Å². The molecular weight excluding hydrogens is 210 g/mol. The Bertz CT molecular complexity index is 404. The molecule has 1 aliphatic heterocycles. The largest absolute Gasteiger partial charge is 0.292 e. The smallest absolute Gasteiger partial charge is 0.0711 e. The van der Waals surface area contributed by atoms with Gasteiger partial charge >= 0.3 is 0 Å². The molecule has 0 saturated carbocycles. The van der Waals surface area contributed by atoms with Crippen molar-refractivity contribution >= 4 is 0 Å². The Morgan fingerprint density at radius 2 is 1.76 bits per heavy atom. The molecule has 3 heteroatoms. The van der Waals surface area contributed by atoms with Gasteiger partial charge in [-0.1, -0.05) is 20.8 Å². The normalized spacial score (nSPS) is 18.2. The van der Waals surface area contributed by atoms with Gasteiger partial charge in [0, 0.05) is 24.0 Å². The molecule has 0 radical (unpaired) electrons. The maximum atomic E-state index is 4.53. The summed E-state index contributed by atoms with van der Waals surface area (Å²) < 4.78 is 0. The lowest BCUT2D eigenvalue weighted by molar-refractivity contribution is 0.119. The van der Waals surface area contributed by atoms with Gasteiger partial charge in [-0.2, -0.15) is 5.10 Å². The van der Waals surface area contributed by atoms with E-state index in [0.29, 0.717) is 0 Å². The van der Waals surface area contributed by atoms with E-state index >= 15 is 0 Å². The molecule has 0 saturated heterocycles. The summed E-state index contributed by atoms with van der Waals surface area (Å²) in [4.78, 5) is 2.51. The molecule has 0 spiro atoms. The topological polar surface area (TPSA) is 31.9 Å². The Kier molecular flexibility index (Phi) is 2.85. The Hall–Kier alpha value is -0.830. The van der Waals surface area contributed by atoms with Gasteiger partial charge in [-0.15, -0.1) is 0 Å². The average molecular weight is 235 g/mol. The van der Waals surface area contributed by atoms with E-state index in [9.17, 15) is 0 Å². The third-order valence-electron chi connectivity index (χ3n) is 3.59. The number of hydrogen-bond donors (Lipinski definition) is 1. The molecule has 2 rings (SSSR count). The van der Waals surface area contributed by atoms with Crippen LogP contribution in [0.25, 0.3) is 0 Å². The molecule has 2 heterocycles. The van der Waals surface area contributed by atoms with Crippen molar-refractivity contribution in [2.24, 2.45) is 0 Å². The van der Waals surface area contributed by atoms with E-state index in [4.69, 9.17) is 0 Å². The Morgan fingerprint density at radius 3 is 2.29 bits per heavy atom. The summed E-state index contributed by atoms with van der Waals surface area (Å²) in [5, 5.41) is 7.78. The number of nitrogens with one attached hydrogen (secondary N) is 1. The molecule has 1 N–H and O–H groups in total. The SMILES string of the molecule is CC(C)(C)c1n[nH]c2c1CCN(C(C)(C)C)C2. The summed E-state index contributed by atoms with van der Waals surface area (Å²) in [5.41, 5.74) is 4.41. The lowest BCUT2D eigenvalue weighted by Crippen LogP contribution is -2.44. The zero-order chi connectivity index (χ0) is 12.8. The van der Waals surface area contributed by atoms with Gasteiger partial charge in [0.05, 0.1) is 11.4 Å². The van der Waals surface area contributed by atoms with Gasteiger partial charge in [0.2, 0.25) is 0 Å². The lowest BCUT2D eigenvalue weighted by Gasteiger charge is -2.38. The fourth-order valence-corrected chi connectivity index (χ4v) is 2.51. The molecule has 3 nitrogen and oxygen atoms in total. The number of aromatic nitrogens is 2. The van der Waals surface area contributed by atoms with E-state index < -0.39 is 0 Å². The number of fused-ring (bicyclic) bond motifs is 1. The van der Waals surface area contributed by atoms with Gasteiger partial charge in [-0.25, -0.2) is 0 Å². The van der Waals surface area contributed by atoms with E-state index in [2.05, 4.69) is 56.6 Å². The summed E-state index contributed by atoms with van der Waals surface area (Å²) in [5.74, 6) is 0. The molecule has 0 unspecified atom stereocenters. The molecule has 17 heavy (non-hydrogen) atoms. The minimum Gasteiger partial charge on any atom is -0.292 e. The van der Waals surface area contributed by atoms with Gasteiger partial charge in [-0.05, 0) is 32.8 Å². The van der Waals surface area contributed by atoms with Gasteiger partial charge in [0.25, 0.3) is 0 Å². The van der Waals surface area contributed by atoms with E-state index in [1.165, 1.54) is 17.0 Å². The van der Waals surface area contributed by atoms with Crippen molar-refractivity contribution in [2.45, 2.75) is 65.5 Å². The van der Waals surface area contributed by atoms with Crippen molar-refractivity contribution in [2.75, 3.05) is 6.54 Å². The third-order valence-corrected chi connectivity index (χ3v) is 3.59. The first kappa shape index (κ1) is 12.6. The highest BCUT2D eigenvalue weighted by atomic mass is 15.2. The monoisotopic (exact) mass is 235 g/mol. The van der Waals surface area contributed by atoms with Crippen molar-refractivity contribution < 1.29 is 0 Å². The van der Waals surface area contributed by atoms with Crippen LogP contribution in [0.3, 0.4) is 0 Å². The van der Waals surface area contributed by atoms with Crippen molar-refractivity contribution in [3.05, 3.63) is 17.0 Å². The molecule has 0 fully saturated rings. The molecule has 0 aliphatic carbocycles. The average Bonchev–Trinajstić information content (AvgIpc) is 2.57. The number of aromatic amines is 1. The predicted molar refractivity (Wildman–Crippen MR) is 71.2 cm³/mol. The Balaban J connectivity index is 2.28. The Morgan fingerprint density at radius 1 is 1.12 bits per heavy atom. The minimum absolute atomic E-state index is 0.147. The minimum atomic E-state index is 0.147. The molecule has 96 valence electrons. The molecule has 1 aliphatic rings. The van der Waals surface area contributed by atoms with Crippen LogP contribution in [0.15, 0.2) is 0 Å². The van der Waals surface area contributed by atoms with Crippen molar-refractivity contribution in [3.63, 3.8) is 0 Å². The second-order valence-electron chi connectivity index (χ2n) is 7.12. The number of H-pyrrole nitrogens is 1. The summed E-state index contributed by atoms with van der Waals surface area (Å²) in [6.07, 6.45) is 1.12. The molecule has 0 aromatic carbocycles. The zero-order valence-electron chi connectivity index (χ0n) is 12.0. The second kappa shape index (κ2) is 3.84. The van der Waals surface area contributed by atoms with E-state index in [1.807, 2.05) is 0 Å². The standard InChI is InChI=1S/C14H25N3/c1-13(2,3)12-10-7-8-17(14(4,5)6)9-11(10)15-16-12/h7-9H2,1-6H3,(H,15,16). The molecule has 0 amide bonds. The highest BCUT2D eigenvalue weighted by Crippen LogP contribution is 2.31. The highest BCUT2D eigenvalue weighted by Gasteiger charge is 2.31. The van der Waals surface area contributed by atoms with Gasteiger partial charge in [0.1, 0.15) is 0 Å². The fraction of sp³-hybridized carbons (Fsp3) is 0.786. The third kappa shape index (κ3) is 2.39. The van der Waals surface area contributed by atoms with Gasteiger partial charge in [-0.3, -0.25) is 10.00 Å². The first-order valence-electron chi connectivity index (χ1n) is 6.51. The van der Waals surface area contributed by atoms with Crippen molar-refractivity contribution in [3.8, 4) is 0 Å². The Labute approximate surface area is 105 Å². The number of hydrogen-bond acceptors (Lipinski definition) is 2. The van der Waals surface area contributed by atoms with Crippen LogP contribution in [0.4, 0.5) is 0 Å². The quantitative estimate of drug-likeness (QED) is 0.750. The molecule has 0 atom stereocenters. The van der Waals surface area contributed by atoms with Crippen LogP contribution in [-0.4, -0.2) is 27.2 Å². The highest BCUT2D eigenvalue weighted by molar-refractivity contribution is 5.32.